The SMILES string of the molecule is COCC1O[C@@H](COC[C@@H]2C(C)O[C@@H](COC[C@@H]3C(C)O[C@@H](COC[C@@H]4C(C)O[C@@H](COC)C(O)[C@@H]4O)C(O)[C@@H]3O)C(O)[C@@H]2O)C(O)[C@H](O)[C@@H]1OC(=O)O. The Kier molecular flexibility index (Phi) is 17.5. The number of hydrogen-bond donors (Lipinski definition) is 9. The molecule has 8 unspecified atom stereocenters. The lowest BCUT2D eigenvalue weighted by atomic mass is 9.87. The molecule has 0 aliphatic carbocycles. The van der Waals surface area contributed by atoms with Crippen molar-refractivity contribution in [1.29, 1.82) is 0 Å². The Balaban J connectivity index is 1.19. The lowest BCUT2D eigenvalue weighted by molar-refractivity contribution is -0.249. The Morgan fingerprint density at radius 3 is 1.11 bits per heavy atom. The fourth-order valence-corrected chi connectivity index (χ4v) is 7.58. The van der Waals surface area contributed by atoms with E-state index in [1.807, 2.05) is 0 Å². The largest absolute Gasteiger partial charge is 0.506 e. The Labute approximate surface area is 313 Å². The highest BCUT2D eigenvalue weighted by Gasteiger charge is 2.49. The summed E-state index contributed by atoms with van der Waals surface area (Å²) >= 11 is 0. The van der Waals surface area contributed by atoms with E-state index in [0.29, 0.717) is 0 Å². The zero-order chi connectivity index (χ0) is 39.9. The average molecular weight is 789 g/mol. The Morgan fingerprint density at radius 2 is 0.759 bits per heavy atom. The van der Waals surface area contributed by atoms with Gasteiger partial charge in [0.25, 0.3) is 0 Å². The number of rotatable bonds is 17. The van der Waals surface area contributed by atoms with Gasteiger partial charge in [-0.1, -0.05) is 0 Å². The van der Waals surface area contributed by atoms with Crippen molar-refractivity contribution >= 4 is 6.16 Å². The Morgan fingerprint density at radius 1 is 0.444 bits per heavy atom. The molecule has 4 heterocycles. The summed E-state index contributed by atoms with van der Waals surface area (Å²) in [5.41, 5.74) is 0. The lowest BCUT2D eigenvalue weighted by Crippen LogP contribution is -2.61. The van der Waals surface area contributed by atoms with E-state index in [9.17, 15) is 45.6 Å². The third-order valence-electron chi connectivity index (χ3n) is 10.9. The summed E-state index contributed by atoms with van der Waals surface area (Å²) in [5.74, 6) is -1.92. The molecule has 316 valence electrons. The van der Waals surface area contributed by atoms with Gasteiger partial charge >= 0.3 is 6.16 Å². The van der Waals surface area contributed by atoms with Gasteiger partial charge in [0, 0.05) is 32.0 Å². The van der Waals surface area contributed by atoms with Crippen LogP contribution in [0, 0.1) is 17.8 Å². The molecule has 0 aromatic heterocycles. The van der Waals surface area contributed by atoms with Gasteiger partial charge in [0.2, 0.25) is 0 Å². The molecule has 0 radical (unpaired) electrons. The number of carboxylic acid groups (broad SMARTS) is 1. The van der Waals surface area contributed by atoms with E-state index in [0.717, 1.165) is 0 Å². The third kappa shape index (κ3) is 11.0. The van der Waals surface area contributed by atoms with Crippen LogP contribution in [0.5, 0.6) is 0 Å². The first kappa shape index (κ1) is 45.3. The summed E-state index contributed by atoms with van der Waals surface area (Å²) in [7, 11) is 2.82. The Hall–Kier alpha value is -1.41. The number of carbonyl (C=O) groups is 1. The number of methoxy groups -OCH3 is 2. The normalized spacial score (nSPS) is 45.9. The van der Waals surface area contributed by atoms with Crippen LogP contribution in [-0.4, -0.2) is 223 Å². The number of ether oxygens (including phenoxy) is 10. The molecule has 9 N–H and O–H groups in total. The average Bonchev–Trinajstić information content (AvgIpc) is 3.12. The first-order valence-electron chi connectivity index (χ1n) is 18.3. The molecule has 20 nitrogen and oxygen atoms in total. The maximum Gasteiger partial charge on any atom is 0.506 e. The minimum Gasteiger partial charge on any atom is -0.450 e. The molecule has 0 spiro atoms. The molecule has 4 aliphatic heterocycles. The second kappa shape index (κ2) is 20.8. The second-order valence-electron chi connectivity index (χ2n) is 14.6. The molecule has 0 aromatic carbocycles. The number of aliphatic hydroxyl groups is 8. The number of hydrogen-bond acceptors (Lipinski definition) is 19. The third-order valence-corrected chi connectivity index (χ3v) is 10.9. The van der Waals surface area contributed by atoms with Gasteiger partial charge in [-0.25, -0.2) is 4.79 Å². The molecule has 4 fully saturated rings. The van der Waals surface area contributed by atoms with Gasteiger partial charge in [-0.15, -0.1) is 0 Å². The van der Waals surface area contributed by atoms with Gasteiger partial charge in [-0.05, 0) is 20.8 Å². The highest BCUT2D eigenvalue weighted by Crippen LogP contribution is 2.31. The standard InChI is InChI=1S/C34H60O20/c1-14-17(25(35)28(38)20(50-14)9-45-4)6-47-11-21-29(39)26(36)18(15(2)51-21)7-48-12-22-30(40)27(37)19(16(3)52-22)8-49-13-23-31(41)32(42)33(54-34(43)44)24(53-23)10-46-5/h14-33,35-42H,6-13H2,1-5H3,(H,43,44)/t14?,15?,16?,17-,18-,19-,20+,21+,22+,23+,24?,25-,26-,27-,28?,29?,30?,31?,32+,33-/m1/s1. The predicted octanol–water partition coefficient (Wildman–Crippen LogP) is -3.74. The van der Waals surface area contributed by atoms with Gasteiger partial charge in [-0.2, -0.15) is 0 Å². The summed E-state index contributed by atoms with van der Waals surface area (Å²) < 4.78 is 55.4. The van der Waals surface area contributed by atoms with Crippen LogP contribution in [-0.2, 0) is 47.4 Å². The molecule has 0 saturated carbocycles. The van der Waals surface area contributed by atoms with Gasteiger partial charge in [0.15, 0.2) is 6.10 Å². The van der Waals surface area contributed by atoms with E-state index in [2.05, 4.69) is 4.74 Å². The van der Waals surface area contributed by atoms with E-state index in [1.54, 1.807) is 20.8 Å². The van der Waals surface area contributed by atoms with E-state index in [4.69, 9.17) is 47.7 Å². The number of aliphatic hydroxyl groups excluding tert-OH is 8. The molecule has 20 heteroatoms. The van der Waals surface area contributed by atoms with Gasteiger partial charge < -0.3 is 93.3 Å². The molecule has 54 heavy (non-hydrogen) atoms. The molecule has 0 amide bonds. The van der Waals surface area contributed by atoms with Crippen LogP contribution >= 0.6 is 0 Å². The molecular weight excluding hydrogens is 728 g/mol. The van der Waals surface area contributed by atoms with Crippen LogP contribution in [0.2, 0.25) is 0 Å². The van der Waals surface area contributed by atoms with Gasteiger partial charge in [0.1, 0.15) is 61.0 Å². The summed E-state index contributed by atoms with van der Waals surface area (Å²) in [5, 5.41) is 94.6. The van der Waals surface area contributed by atoms with E-state index < -0.39 is 128 Å². The zero-order valence-corrected chi connectivity index (χ0v) is 31.2. The van der Waals surface area contributed by atoms with Crippen LogP contribution in [0.25, 0.3) is 0 Å². The Bertz CT molecular complexity index is 1120. The van der Waals surface area contributed by atoms with Crippen molar-refractivity contribution in [3.8, 4) is 0 Å². The van der Waals surface area contributed by atoms with Crippen LogP contribution in [0.4, 0.5) is 4.79 Å². The first-order chi connectivity index (χ1) is 25.6. The van der Waals surface area contributed by atoms with Gasteiger partial charge in [-0.3, -0.25) is 0 Å². The van der Waals surface area contributed by atoms with Crippen LogP contribution in [0.3, 0.4) is 0 Å². The monoisotopic (exact) mass is 788 g/mol. The van der Waals surface area contributed by atoms with Crippen molar-refractivity contribution in [2.24, 2.45) is 17.8 Å². The highest BCUT2D eigenvalue weighted by molar-refractivity contribution is 5.57. The van der Waals surface area contributed by atoms with Crippen molar-refractivity contribution < 1.29 is 98.1 Å². The van der Waals surface area contributed by atoms with Crippen molar-refractivity contribution in [2.75, 3.05) is 67.1 Å². The summed E-state index contributed by atoms with van der Waals surface area (Å²) in [4.78, 5) is 11.1. The zero-order valence-electron chi connectivity index (χ0n) is 31.2. The van der Waals surface area contributed by atoms with E-state index in [-0.39, 0.29) is 52.9 Å². The van der Waals surface area contributed by atoms with Crippen LogP contribution in [0.15, 0.2) is 0 Å². The summed E-state index contributed by atoms with van der Waals surface area (Å²) in [6.07, 6.45) is -20.0. The maximum atomic E-state index is 11.1. The fourth-order valence-electron chi connectivity index (χ4n) is 7.58. The lowest BCUT2D eigenvalue weighted by Gasteiger charge is -2.44. The van der Waals surface area contributed by atoms with Crippen molar-refractivity contribution in [3.63, 3.8) is 0 Å². The molecule has 0 bridgehead atoms. The molecule has 20 atom stereocenters. The minimum absolute atomic E-state index is 0.00750. The molecule has 4 aliphatic rings. The second-order valence-corrected chi connectivity index (χ2v) is 14.6. The van der Waals surface area contributed by atoms with Crippen molar-refractivity contribution in [3.05, 3.63) is 0 Å². The molecule has 4 saturated heterocycles. The van der Waals surface area contributed by atoms with Crippen LogP contribution < -0.4 is 0 Å². The van der Waals surface area contributed by atoms with Gasteiger partial charge in [0.05, 0.1) is 89.5 Å². The quantitative estimate of drug-likeness (QED) is 0.0640. The van der Waals surface area contributed by atoms with Crippen molar-refractivity contribution in [2.45, 2.75) is 125 Å². The van der Waals surface area contributed by atoms with E-state index >= 15 is 0 Å². The topological polar surface area (TPSA) is 291 Å². The fraction of sp³-hybridized carbons (Fsp3) is 0.971. The van der Waals surface area contributed by atoms with Crippen LogP contribution in [0.1, 0.15) is 20.8 Å². The summed E-state index contributed by atoms with van der Waals surface area (Å²) in [6.45, 7) is 4.44. The van der Waals surface area contributed by atoms with E-state index in [1.165, 1.54) is 14.2 Å². The first-order valence-corrected chi connectivity index (χ1v) is 18.3. The smallest absolute Gasteiger partial charge is 0.450 e. The molecule has 4 rings (SSSR count). The predicted molar refractivity (Wildman–Crippen MR) is 179 cm³/mol. The molecule has 0 aromatic rings. The highest BCUT2D eigenvalue weighted by atomic mass is 16.7. The maximum absolute atomic E-state index is 11.1. The summed E-state index contributed by atoms with van der Waals surface area (Å²) in [6, 6.07) is 0. The molecular formula is C34H60O20. The minimum atomic E-state index is -1.65. The van der Waals surface area contributed by atoms with Crippen molar-refractivity contribution in [1.82, 2.24) is 0 Å².